The van der Waals surface area contributed by atoms with Crippen LogP contribution < -0.4 is 15.1 Å². The van der Waals surface area contributed by atoms with Crippen LogP contribution in [-0.4, -0.2) is 28.8 Å². The van der Waals surface area contributed by atoms with Gasteiger partial charge in [0.1, 0.15) is 0 Å². The molecule has 0 saturated carbocycles. The Labute approximate surface area is 213 Å². The molecule has 1 aliphatic heterocycles. The zero-order chi connectivity index (χ0) is 24.7. The van der Waals surface area contributed by atoms with Gasteiger partial charge in [0.15, 0.2) is 5.11 Å². The summed E-state index contributed by atoms with van der Waals surface area (Å²) in [6.45, 7) is 6.49. The van der Waals surface area contributed by atoms with Gasteiger partial charge >= 0.3 is 0 Å². The molecule has 178 valence electrons. The van der Waals surface area contributed by atoms with Crippen molar-refractivity contribution in [3.63, 3.8) is 0 Å². The van der Waals surface area contributed by atoms with Crippen molar-refractivity contribution < 1.29 is 0 Å². The maximum absolute atomic E-state index is 5.91. The maximum atomic E-state index is 5.91. The van der Waals surface area contributed by atoms with Crippen LogP contribution in [0.1, 0.15) is 40.3 Å². The van der Waals surface area contributed by atoms with Crippen molar-refractivity contribution in [2.24, 2.45) is 0 Å². The quantitative estimate of drug-likeness (QED) is 0.352. The van der Waals surface area contributed by atoms with Crippen LogP contribution in [0.5, 0.6) is 0 Å². The van der Waals surface area contributed by atoms with E-state index in [9.17, 15) is 0 Å². The summed E-state index contributed by atoms with van der Waals surface area (Å²) >= 11 is 5.91. The molecule has 3 heterocycles. The Hall–Kier alpha value is -3.64. The molecule has 5 nitrogen and oxygen atoms in total. The summed E-state index contributed by atoms with van der Waals surface area (Å²) < 4.78 is 2.33. The van der Waals surface area contributed by atoms with Crippen molar-refractivity contribution in [1.29, 1.82) is 0 Å². The van der Waals surface area contributed by atoms with Crippen molar-refractivity contribution in [3.05, 3.63) is 107 Å². The second-order valence-corrected chi connectivity index (χ2v) is 9.80. The summed E-state index contributed by atoms with van der Waals surface area (Å²) in [5, 5.41) is 4.30. The Morgan fingerprint density at radius 2 is 1.66 bits per heavy atom. The molecule has 0 aliphatic carbocycles. The summed E-state index contributed by atoms with van der Waals surface area (Å²) in [5.74, 6) is 0. The molecule has 5 rings (SSSR count). The summed E-state index contributed by atoms with van der Waals surface area (Å²) in [6.07, 6.45) is 1.85. The number of hydrogen-bond donors (Lipinski definition) is 1. The van der Waals surface area contributed by atoms with E-state index in [2.05, 4.69) is 115 Å². The normalized spacial score (nSPS) is 17.5. The van der Waals surface area contributed by atoms with Gasteiger partial charge in [-0.15, -0.1) is 0 Å². The lowest BCUT2D eigenvalue weighted by atomic mass is 9.96. The Morgan fingerprint density at radius 1 is 0.886 bits per heavy atom. The first-order valence-corrected chi connectivity index (χ1v) is 12.3. The fourth-order valence-corrected chi connectivity index (χ4v) is 5.46. The van der Waals surface area contributed by atoms with E-state index in [1.807, 2.05) is 18.3 Å². The Bertz CT molecular complexity index is 1360. The highest BCUT2D eigenvalue weighted by Crippen LogP contribution is 2.43. The smallest absolute Gasteiger partial charge is 0.174 e. The van der Waals surface area contributed by atoms with Gasteiger partial charge in [-0.25, -0.2) is 0 Å². The highest BCUT2D eigenvalue weighted by Gasteiger charge is 2.42. The number of aromatic nitrogens is 2. The van der Waals surface area contributed by atoms with Gasteiger partial charge in [0.25, 0.3) is 0 Å². The van der Waals surface area contributed by atoms with Gasteiger partial charge in [-0.2, -0.15) is 0 Å². The average Bonchev–Trinajstić information content (AvgIpc) is 3.34. The van der Waals surface area contributed by atoms with Crippen LogP contribution in [0.25, 0.3) is 5.69 Å². The fourth-order valence-electron chi connectivity index (χ4n) is 5.11. The minimum atomic E-state index is -0.0609. The topological polar surface area (TPSA) is 36.3 Å². The van der Waals surface area contributed by atoms with Gasteiger partial charge < -0.3 is 19.7 Å². The van der Waals surface area contributed by atoms with E-state index in [-0.39, 0.29) is 12.1 Å². The van der Waals surface area contributed by atoms with Crippen molar-refractivity contribution >= 4 is 28.7 Å². The molecular formula is C29H31N5S. The van der Waals surface area contributed by atoms with Gasteiger partial charge in [0.05, 0.1) is 17.8 Å². The van der Waals surface area contributed by atoms with Gasteiger partial charge in [-0.1, -0.05) is 18.2 Å². The zero-order valence-electron chi connectivity index (χ0n) is 20.9. The molecule has 1 fully saturated rings. The molecule has 1 N–H and O–H groups in total. The molecule has 0 amide bonds. The standard InChI is InChI=1S/C29H31N5S/c1-19-9-8-10-24(17-19)34-28(27(31-29(34)35)26-11-6-7-16-30-26)25-18-20(2)33(21(25)3)23-14-12-22(13-15-23)32(4)5/h6-18,27-28H,1-5H3,(H,31,35)/t27-,28-/m0/s1. The van der Waals surface area contributed by atoms with Crippen LogP contribution in [0.4, 0.5) is 11.4 Å². The Morgan fingerprint density at radius 3 is 2.31 bits per heavy atom. The zero-order valence-corrected chi connectivity index (χ0v) is 21.7. The number of thiocarbonyl (C=S) groups is 1. The molecule has 6 heteroatoms. The predicted molar refractivity (Wildman–Crippen MR) is 149 cm³/mol. The lowest BCUT2D eigenvalue weighted by Crippen LogP contribution is -2.29. The monoisotopic (exact) mass is 481 g/mol. The summed E-state index contributed by atoms with van der Waals surface area (Å²) in [4.78, 5) is 9.07. The van der Waals surface area contributed by atoms with Gasteiger partial charge in [0.2, 0.25) is 0 Å². The second kappa shape index (κ2) is 9.19. The Kier molecular flexibility index (Phi) is 6.07. The van der Waals surface area contributed by atoms with Crippen LogP contribution in [0.15, 0.2) is 79.0 Å². The van der Waals surface area contributed by atoms with E-state index in [1.54, 1.807) is 0 Å². The van der Waals surface area contributed by atoms with Crippen LogP contribution in [0.2, 0.25) is 0 Å². The van der Waals surface area contributed by atoms with E-state index in [0.717, 1.165) is 22.2 Å². The molecule has 0 unspecified atom stereocenters. The van der Waals surface area contributed by atoms with Gasteiger partial charge in [-0.05, 0) is 98.7 Å². The number of aryl methyl sites for hydroxylation is 2. The number of nitrogens with one attached hydrogen (secondary N) is 1. The summed E-state index contributed by atoms with van der Waals surface area (Å²) in [6, 6.07) is 25.5. The molecule has 0 bridgehead atoms. The van der Waals surface area contributed by atoms with E-state index in [4.69, 9.17) is 17.2 Å². The third-order valence-electron chi connectivity index (χ3n) is 6.79. The molecule has 2 atom stereocenters. The molecule has 4 aromatic rings. The number of anilines is 2. The lowest BCUT2D eigenvalue weighted by molar-refractivity contribution is 0.565. The Balaban J connectivity index is 1.65. The van der Waals surface area contributed by atoms with Crippen molar-refractivity contribution in [2.45, 2.75) is 32.9 Å². The number of benzene rings is 2. The van der Waals surface area contributed by atoms with E-state index < -0.39 is 0 Å². The molecule has 0 spiro atoms. The predicted octanol–water partition coefficient (Wildman–Crippen LogP) is 6.04. The number of hydrogen-bond acceptors (Lipinski definition) is 3. The van der Waals surface area contributed by atoms with Crippen LogP contribution in [0.3, 0.4) is 0 Å². The van der Waals surface area contributed by atoms with Gasteiger partial charge in [0, 0.05) is 48.7 Å². The van der Waals surface area contributed by atoms with E-state index >= 15 is 0 Å². The largest absolute Gasteiger partial charge is 0.378 e. The lowest BCUT2D eigenvalue weighted by Gasteiger charge is -2.28. The fraction of sp³-hybridized carbons (Fsp3) is 0.241. The minimum absolute atomic E-state index is 0.0276. The van der Waals surface area contributed by atoms with Crippen molar-refractivity contribution in [3.8, 4) is 5.69 Å². The average molecular weight is 482 g/mol. The van der Waals surface area contributed by atoms with E-state index in [0.29, 0.717) is 0 Å². The SMILES string of the molecule is Cc1cccc(N2C(=S)N[C@@H](c3ccccn3)[C@@H]2c2cc(C)n(-c3ccc(N(C)C)cc3)c2C)c1. The summed E-state index contributed by atoms with van der Waals surface area (Å²) in [5.41, 5.74) is 9.25. The molecule has 2 aromatic carbocycles. The molecule has 1 aliphatic rings. The first-order valence-electron chi connectivity index (χ1n) is 11.9. The highest BCUT2D eigenvalue weighted by molar-refractivity contribution is 7.80. The van der Waals surface area contributed by atoms with Crippen molar-refractivity contribution in [1.82, 2.24) is 14.9 Å². The van der Waals surface area contributed by atoms with Crippen LogP contribution in [0, 0.1) is 20.8 Å². The van der Waals surface area contributed by atoms with Crippen molar-refractivity contribution in [2.75, 3.05) is 23.9 Å². The number of nitrogens with zero attached hydrogens (tertiary/aromatic N) is 4. The third-order valence-corrected chi connectivity index (χ3v) is 7.11. The molecule has 2 aromatic heterocycles. The highest BCUT2D eigenvalue weighted by atomic mass is 32.1. The second-order valence-electron chi connectivity index (χ2n) is 9.41. The molecule has 0 radical (unpaired) electrons. The minimum Gasteiger partial charge on any atom is -0.378 e. The van der Waals surface area contributed by atoms with E-state index in [1.165, 1.54) is 28.2 Å². The summed E-state index contributed by atoms with van der Waals surface area (Å²) in [7, 11) is 4.12. The first kappa shape index (κ1) is 23.1. The maximum Gasteiger partial charge on any atom is 0.174 e. The number of rotatable bonds is 5. The number of pyridine rings is 1. The molecule has 1 saturated heterocycles. The van der Waals surface area contributed by atoms with Crippen LogP contribution >= 0.6 is 12.2 Å². The first-order chi connectivity index (χ1) is 16.8. The van der Waals surface area contributed by atoms with Crippen LogP contribution in [-0.2, 0) is 0 Å². The third kappa shape index (κ3) is 4.19. The molecular weight excluding hydrogens is 450 g/mol. The van der Waals surface area contributed by atoms with Gasteiger partial charge in [-0.3, -0.25) is 4.98 Å². The molecule has 35 heavy (non-hydrogen) atoms.